The fourth-order valence-electron chi connectivity index (χ4n) is 2.94. The highest BCUT2D eigenvalue weighted by Crippen LogP contribution is 2.17. The van der Waals surface area contributed by atoms with Crippen molar-refractivity contribution in [3.63, 3.8) is 0 Å². The van der Waals surface area contributed by atoms with Crippen molar-refractivity contribution in [3.8, 4) is 0 Å². The predicted octanol–water partition coefficient (Wildman–Crippen LogP) is -0.247. The lowest BCUT2D eigenvalue weighted by molar-refractivity contribution is -0.918. The van der Waals surface area contributed by atoms with Gasteiger partial charge in [0.2, 0.25) is 17.8 Å². The maximum Gasteiger partial charge on any atom is 0.232 e. The van der Waals surface area contributed by atoms with Crippen LogP contribution in [0.25, 0.3) is 0 Å². The lowest BCUT2D eigenvalue weighted by atomic mass is 10.2. The van der Waals surface area contributed by atoms with Crippen molar-refractivity contribution in [3.05, 3.63) is 35.7 Å². The molecule has 132 valence electrons. The first-order valence-electron chi connectivity index (χ1n) is 8.43. The molecule has 25 heavy (non-hydrogen) atoms. The van der Waals surface area contributed by atoms with Gasteiger partial charge in [0.15, 0.2) is 5.82 Å². The molecule has 0 radical (unpaired) electrons. The number of hydrogen-bond acceptors (Lipinski definition) is 6. The standard InChI is InChI=1S/C17H23N7O/c1-12-5-3-4-6-14(12)19-17-21-15(20-16(18)22-17)11-23-7-9-24(10-8-23)13(2)25/h3-6H,7-11H2,1-2H3,(H3,18,19,20,21,22)/p+1. The third-order valence-corrected chi connectivity index (χ3v) is 4.41. The second-order valence-corrected chi connectivity index (χ2v) is 6.31. The van der Waals surface area contributed by atoms with E-state index in [9.17, 15) is 4.79 Å². The van der Waals surface area contributed by atoms with E-state index in [-0.39, 0.29) is 11.9 Å². The van der Waals surface area contributed by atoms with Crippen LogP contribution >= 0.6 is 0 Å². The summed E-state index contributed by atoms with van der Waals surface area (Å²) in [7, 11) is 0. The van der Waals surface area contributed by atoms with E-state index in [2.05, 4.69) is 20.3 Å². The Morgan fingerprint density at radius 3 is 2.64 bits per heavy atom. The molecule has 4 N–H and O–H groups in total. The Morgan fingerprint density at radius 1 is 1.24 bits per heavy atom. The molecular weight excluding hydrogens is 318 g/mol. The van der Waals surface area contributed by atoms with E-state index in [1.54, 1.807) is 6.92 Å². The number of para-hydroxylation sites is 1. The first-order valence-corrected chi connectivity index (χ1v) is 8.43. The van der Waals surface area contributed by atoms with E-state index in [0.29, 0.717) is 18.3 Å². The molecule has 1 fully saturated rings. The number of nitrogens with two attached hydrogens (primary N) is 1. The topological polar surface area (TPSA) is 101 Å². The van der Waals surface area contributed by atoms with Crippen LogP contribution in [-0.4, -0.2) is 51.9 Å². The molecule has 0 aliphatic carbocycles. The molecule has 1 aromatic heterocycles. The normalized spacial score (nSPS) is 15.2. The summed E-state index contributed by atoms with van der Waals surface area (Å²) in [5.74, 6) is 1.46. The van der Waals surface area contributed by atoms with E-state index < -0.39 is 0 Å². The number of carbonyl (C=O) groups is 1. The molecule has 0 unspecified atom stereocenters. The minimum absolute atomic E-state index is 0.133. The average Bonchev–Trinajstić information content (AvgIpc) is 2.57. The van der Waals surface area contributed by atoms with Crippen molar-refractivity contribution < 1.29 is 9.69 Å². The average molecular weight is 342 g/mol. The summed E-state index contributed by atoms with van der Waals surface area (Å²) in [6.45, 7) is 7.59. The van der Waals surface area contributed by atoms with Gasteiger partial charge in [0.1, 0.15) is 6.54 Å². The van der Waals surface area contributed by atoms with Gasteiger partial charge in [-0.1, -0.05) is 18.2 Å². The van der Waals surface area contributed by atoms with Crippen molar-refractivity contribution in [1.29, 1.82) is 0 Å². The number of aryl methyl sites for hydroxylation is 1. The van der Waals surface area contributed by atoms with Crippen LogP contribution in [0.2, 0.25) is 0 Å². The molecule has 0 saturated carbocycles. The first kappa shape index (κ1) is 17.1. The lowest BCUT2D eigenvalue weighted by Crippen LogP contribution is -3.13. The van der Waals surface area contributed by atoms with Crippen LogP contribution in [0.3, 0.4) is 0 Å². The molecule has 1 aromatic carbocycles. The zero-order chi connectivity index (χ0) is 17.8. The lowest BCUT2D eigenvalue weighted by Gasteiger charge is -2.31. The summed E-state index contributed by atoms with van der Waals surface area (Å²) >= 11 is 0. The molecule has 8 heteroatoms. The predicted molar refractivity (Wildman–Crippen MR) is 95.4 cm³/mol. The molecule has 0 spiro atoms. The SMILES string of the molecule is CC(=O)N1CC[NH+](Cc2nc(N)nc(Nc3ccccc3C)n2)CC1. The summed E-state index contributed by atoms with van der Waals surface area (Å²) < 4.78 is 0. The van der Waals surface area contributed by atoms with Gasteiger partial charge in [-0.25, -0.2) is 0 Å². The van der Waals surface area contributed by atoms with E-state index in [1.165, 1.54) is 4.90 Å². The van der Waals surface area contributed by atoms with Crippen LogP contribution in [0, 0.1) is 6.92 Å². The number of aromatic nitrogens is 3. The molecule has 3 rings (SSSR count). The Labute approximate surface area is 147 Å². The smallest absolute Gasteiger partial charge is 0.232 e. The number of amides is 1. The van der Waals surface area contributed by atoms with Crippen molar-refractivity contribution in [1.82, 2.24) is 19.9 Å². The van der Waals surface area contributed by atoms with Crippen LogP contribution in [0.4, 0.5) is 17.6 Å². The molecule has 1 aliphatic heterocycles. The van der Waals surface area contributed by atoms with Gasteiger partial charge in [-0.15, -0.1) is 0 Å². The largest absolute Gasteiger partial charge is 0.368 e. The fourth-order valence-corrected chi connectivity index (χ4v) is 2.94. The van der Waals surface area contributed by atoms with Crippen molar-refractivity contribution in [2.24, 2.45) is 0 Å². The van der Waals surface area contributed by atoms with Gasteiger partial charge in [0.05, 0.1) is 26.2 Å². The Kier molecular flexibility index (Phi) is 5.08. The van der Waals surface area contributed by atoms with Gasteiger partial charge in [-0.05, 0) is 18.6 Å². The Bertz CT molecular complexity index is 756. The monoisotopic (exact) mass is 342 g/mol. The van der Waals surface area contributed by atoms with Crippen LogP contribution in [0.1, 0.15) is 18.3 Å². The minimum Gasteiger partial charge on any atom is -0.368 e. The second kappa shape index (κ2) is 7.43. The highest BCUT2D eigenvalue weighted by atomic mass is 16.2. The van der Waals surface area contributed by atoms with Gasteiger partial charge < -0.3 is 20.9 Å². The van der Waals surface area contributed by atoms with Crippen LogP contribution in [0.5, 0.6) is 0 Å². The minimum atomic E-state index is 0.133. The molecule has 2 aromatic rings. The quantitative estimate of drug-likeness (QED) is 0.708. The Morgan fingerprint density at radius 2 is 1.96 bits per heavy atom. The maximum atomic E-state index is 11.4. The van der Waals surface area contributed by atoms with Gasteiger partial charge >= 0.3 is 0 Å². The number of piperazine rings is 1. The second-order valence-electron chi connectivity index (χ2n) is 6.31. The zero-order valence-electron chi connectivity index (χ0n) is 14.6. The Hall–Kier alpha value is -2.74. The van der Waals surface area contributed by atoms with E-state index in [0.717, 1.165) is 37.4 Å². The van der Waals surface area contributed by atoms with Crippen LogP contribution in [0.15, 0.2) is 24.3 Å². The number of nitrogen functional groups attached to an aromatic ring is 1. The van der Waals surface area contributed by atoms with E-state index in [1.807, 2.05) is 36.1 Å². The number of quaternary nitrogens is 1. The zero-order valence-corrected chi connectivity index (χ0v) is 14.6. The third kappa shape index (κ3) is 4.42. The molecule has 1 saturated heterocycles. The van der Waals surface area contributed by atoms with Gasteiger partial charge in [0, 0.05) is 12.6 Å². The fraction of sp³-hybridized carbons (Fsp3) is 0.412. The molecular formula is C17H24N7O+. The summed E-state index contributed by atoms with van der Waals surface area (Å²) in [4.78, 5) is 27.6. The van der Waals surface area contributed by atoms with Crippen molar-refractivity contribution >= 4 is 23.5 Å². The number of benzene rings is 1. The van der Waals surface area contributed by atoms with E-state index in [4.69, 9.17) is 5.73 Å². The molecule has 8 nitrogen and oxygen atoms in total. The number of anilines is 3. The summed E-state index contributed by atoms with van der Waals surface area (Å²) in [5, 5.41) is 3.21. The first-order chi connectivity index (χ1) is 12.0. The number of hydrogen-bond donors (Lipinski definition) is 3. The Balaban J connectivity index is 1.68. The van der Waals surface area contributed by atoms with Gasteiger partial charge in [-0.3, -0.25) is 4.79 Å². The molecule has 1 amide bonds. The van der Waals surface area contributed by atoms with Gasteiger partial charge in [-0.2, -0.15) is 15.0 Å². The van der Waals surface area contributed by atoms with Crippen LogP contribution in [-0.2, 0) is 11.3 Å². The van der Waals surface area contributed by atoms with Crippen molar-refractivity contribution in [2.45, 2.75) is 20.4 Å². The molecule has 0 atom stereocenters. The molecule has 0 bridgehead atoms. The van der Waals surface area contributed by atoms with Crippen molar-refractivity contribution in [2.75, 3.05) is 37.2 Å². The maximum absolute atomic E-state index is 11.4. The number of rotatable bonds is 4. The summed E-state index contributed by atoms with van der Waals surface area (Å²) in [6, 6.07) is 7.94. The molecule has 1 aliphatic rings. The number of carbonyl (C=O) groups excluding carboxylic acids is 1. The van der Waals surface area contributed by atoms with Crippen LogP contribution < -0.4 is 16.0 Å². The highest BCUT2D eigenvalue weighted by molar-refractivity contribution is 5.73. The van der Waals surface area contributed by atoms with E-state index >= 15 is 0 Å². The van der Waals surface area contributed by atoms with Gasteiger partial charge in [0.25, 0.3) is 0 Å². The highest BCUT2D eigenvalue weighted by Gasteiger charge is 2.22. The summed E-state index contributed by atoms with van der Waals surface area (Å²) in [6.07, 6.45) is 0. The third-order valence-electron chi connectivity index (χ3n) is 4.41. The summed E-state index contributed by atoms with van der Waals surface area (Å²) in [5.41, 5.74) is 7.91. The number of nitrogens with one attached hydrogen (secondary N) is 2. The number of nitrogens with zero attached hydrogens (tertiary/aromatic N) is 4. The molecule has 2 heterocycles.